The maximum absolute atomic E-state index is 5.98. The quantitative estimate of drug-likeness (QED) is 0.767. The van der Waals surface area contributed by atoms with Crippen LogP contribution in [0, 0.1) is 19.8 Å². The third-order valence-corrected chi connectivity index (χ3v) is 2.61. The van der Waals surface area contributed by atoms with Crippen LogP contribution >= 0.6 is 0 Å². The summed E-state index contributed by atoms with van der Waals surface area (Å²) in [6, 6.07) is 0.215. The van der Waals surface area contributed by atoms with Gasteiger partial charge in [0, 0.05) is 18.3 Å². The average Bonchev–Trinajstić information content (AvgIpc) is 2.36. The van der Waals surface area contributed by atoms with Crippen molar-refractivity contribution in [2.75, 3.05) is 0 Å². The molecule has 2 N–H and O–H groups in total. The summed E-state index contributed by atoms with van der Waals surface area (Å²) in [5.41, 5.74) is 8.29. The van der Waals surface area contributed by atoms with E-state index in [2.05, 4.69) is 30.3 Å². The first-order valence-corrected chi connectivity index (χ1v) is 4.76. The second-order valence-corrected chi connectivity index (χ2v) is 3.98. The monoisotopic (exact) mass is 181 g/mol. The second-order valence-electron chi connectivity index (χ2n) is 3.98. The van der Waals surface area contributed by atoms with Gasteiger partial charge in [-0.2, -0.15) is 0 Å². The minimum Gasteiger partial charge on any atom is -0.333 e. The van der Waals surface area contributed by atoms with E-state index in [0.717, 1.165) is 12.2 Å². The average molecular weight is 181 g/mol. The molecule has 1 heterocycles. The Balaban J connectivity index is 2.69. The van der Waals surface area contributed by atoms with Gasteiger partial charge in [0.25, 0.3) is 0 Å². The summed E-state index contributed by atoms with van der Waals surface area (Å²) in [6.07, 6.45) is 1.87. The maximum Gasteiger partial charge on any atom is 0.0951 e. The van der Waals surface area contributed by atoms with Crippen LogP contribution in [0.5, 0.6) is 0 Å². The first kappa shape index (κ1) is 10.3. The van der Waals surface area contributed by atoms with E-state index in [1.807, 2.05) is 13.3 Å². The first-order chi connectivity index (χ1) is 6.02. The molecule has 0 saturated carbocycles. The van der Waals surface area contributed by atoms with Crippen molar-refractivity contribution in [1.82, 2.24) is 9.55 Å². The van der Waals surface area contributed by atoms with Crippen LogP contribution in [-0.2, 0) is 6.54 Å². The third kappa shape index (κ3) is 2.31. The molecule has 3 heteroatoms. The third-order valence-electron chi connectivity index (χ3n) is 2.61. The molecule has 0 radical (unpaired) electrons. The fourth-order valence-corrected chi connectivity index (χ4v) is 1.17. The van der Waals surface area contributed by atoms with Crippen molar-refractivity contribution in [3.05, 3.63) is 17.7 Å². The summed E-state index contributed by atoms with van der Waals surface area (Å²) in [4.78, 5) is 4.24. The molecule has 0 spiro atoms. The summed E-state index contributed by atoms with van der Waals surface area (Å²) in [6.45, 7) is 9.25. The molecule has 1 aromatic rings. The Morgan fingerprint density at radius 1 is 1.46 bits per heavy atom. The Morgan fingerprint density at radius 3 is 2.46 bits per heavy atom. The number of nitrogens with zero attached hydrogens (tertiary/aromatic N) is 2. The smallest absolute Gasteiger partial charge is 0.0951 e. The highest BCUT2D eigenvalue weighted by molar-refractivity contribution is 5.08. The Hall–Kier alpha value is -0.830. The number of rotatable bonds is 3. The van der Waals surface area contributed by atoms with Crippen molar-refractivity contribution >= 4 is 0 Å². The fourth-order valence-electron chi connectivity index (χ4n) is 1.17. The summed E-state index contributed by atoms with van der Waals surface area (Å²) in [5.74, 6) is 0.516. The van der Waals surface area contributed by atoms with Gasteiger partial charge in [0.1, 0.15) is 0 Å². The van der Waals surface area contributed by atoms with Crippen molar-refractivity contribution in [1.29, 1.82) is 0 Å². The standard InChI is InChI=1S/C10H19N3/c1-7(2)10(11)5-13-6-12-8(3)9(13)4/h6-7,10H,5,11H2,1-4H3. The zero-order chi connectivity index (χ0) is 10.0. The number of hydrogen-bond acceptors (Lipinski definition) is 2. The Morgan fingerprint density at radius 2 is 2.08 bits per heavy atom. The van der Waals surface area contributed by atoms with Gasteiger partial charge in [-0.05, 0) is 19.8 Å². The van der Waals surface area contributed by atoms with Crippen molar-refractivity contribution in [3.8, 4) is 0 Å². The Bertz CT molecular complexity index is 276. The summed E-state index contributed by atoms with van der Waals surface area (Å²) >= 11 is 0. The summed E-state index contributed by atoms with van der Waals surface area (Å²) in [5, 5.41) is 0. The molecule has 0 aliphatic heterocycles. The first-order valence-electron chi connectivity index (χ1n) is 4.76. The van der Waals surface area contributed by atoms with E-state index in [-0.39, 0.29) is 6.04 Å². The highest BCUT2D eigenvalue weighted by Gasteiger charge is 2.10. The van der Waals surface area contributed by atoms with Gasteiger partial charge in [0.15, 0.2) is 0 Å². The van der Waals surface area contributed by atoms with Crippen molar-refractivity contribution in [2.24, 2.45) is 11.7 Å². The van der Waals surface area contributed by atoms with Crippen molar-refractivity contribution in [2.45, 2.75) is 40.3 Å². The van der Waals surface area contributed by atoms with Gasteiger partial charge in [-0.15, -0.1) is 0 Å². The molecule has 0 amide bonds. The molecule has 0 saturated heterocycles. The molecule has 1 rings (SSSR count). The molecule has 1 aromatic heterocycles. The number of aromatic nitrogens is 2. The van der Waals surface area contributed by atoms with Gasteiger partial charge in [0.05, 0.1) is 12.0 Å². The van der Waals surface area contributed by atoms with Crippen LogP contribution in [0.2, 0.25) is 0 Å². The van der Waals surface area contributed by atoms with Gasteiger partial charge in [-0.1, -0.05) is 13.8 Å². The lowest BCUT2D eigenvalue weighted by Crippen LogP contribution is -2.31. The molecule has 0 aromatic carbocycles. The SMILES string of the molecule is Cc1ncn(CC(N)C(C)C)c1C. The largest absolute Gasteiger partial charge is 0.333 e. The number of nitrogens with two attached hydrogens (primary N) is 1. The van der Waals surface area contributed by atoms with Crippen LogP contribution in [0.4, 0.5) is 0 Å². The molecule has 1 atom stereocenters. The summed E-state index contributed by atoms with van der Waals surface area (Å²) < 4.78 is 2.12. The molecule has 13 heavy (non-hydrogen) atoms. The lowest BCUT2D eigenvalue weighted by molar-refractivity contribution is 0.430. The van der Waals surface area contributed by atoms with E-state index in [0.29, 0.717) is 5.92 Å². The van der Waals surface area contributed by atoms with E-state index >= 15 is 0 Å². The molecule has 0 fully saturated rings. The van der Waals surface area contributed by atoms with Crippen LogP contribution in [0.1, 0.15) is 25.2 Å². The number of hydrogen-bond donors (Lipinski definition) is 1. The molecule has 0 bridgehead atoms. The normalized spacial score (nSPS) is 13.7. The number of aryl methyl sites for hydroxylation is 1. The van der Waals surface area contributed by atoms with Crippen LogP contribution in [0.3, 0.4) is 0 Å². The van der Waals surface area contributed by atoms with Crippen molar-refractivity contribution < 1.29 is 0 Å². The van der Waals surface area contributed by atoms with Crippen LogP contribution in [-0.4, -0.2) is 15.6 Å². The van der Waals surface area contributed by atoms with E-state index in [1.54, 1.807) is 0 Å². The predicted octanol–water partition coefficient (Wildman–Crippen LogP) is 1.48. The lowest BCUT2D eigenvalue weighted by atomic mass is 10.1. The number of imidazole rings is 1. The van der Waals surface area contributed by atoms with Crippen LogP contribution < -0.4 is 5.73 Å². The topological polar surface area (TPSA) is 43.8 Å². The van der Waals surface area contributed by atoms with Gasteiger partial charge >= 0.3 is 0 Å². The molecular formula is C10H19N3. The maximum atomic E-state index is 5.98. The van der Waals surface area contributed by atoms with Crippen LogP contribution in [0.25, 0.3) is 0 Å². The van der Waals surface area contributed by atoms with Gasteiger partial charge < -0.3 is 10.3 Å². The second kappa shape index (κ2) is 3.92. The van der Waals surface area contributed by atoms with Gasteiger partial charge in [-0.25, -0.2) is 4.98 Å². The van der Waals surface area contributed by atoms with E-state index in [1.165, 1.54) is 5.69 Å². The van der Waals surface area contributed by atoms with Gasteiger partial charge in [-0.3, -0.25) is 0 Å². The summed E-state index contributed by atoms with van der Waals surface area (Å²) in [7, 11) is 0. The molecule has 74 valence electrons. The molecule has 1 unspecified atom stereocenters. The predicted molar refractivity (Wildman–Crippen MR) is 54.5 cm³/mol. The van der Waals surface area contributed by atoms with E-state index < -0.39 is 0 Å². The van der Waals surface area contributed by atoms with Gasteiger partial charge in [0.2, 0.25) is 0 Å². The van der Waals surface area contributed by atoms with Crippen LogP contribution in [0.15, 0.2) is 6.33 Å². The molecule has 0 aliphatic carbocycles. The Kier molecular flexibility index (Phi) is 3.09. The minimum absolute atomic E-state index is 0.215. The zero-order valence-electron chi connectivity index (χ0n) is 8.91. The highest BCUT2D eigenvalue weighted by atomic mass is 15.1. The van der Waals surface area contributed by atoms with Crippen molar-refractivity contribution in [3.63, 3.8) is 0 Å². The zero-order valence-corrected chi connectivity index (χ0v) is 8.91. The highest BCUT2D eigenvalue weighted by Crippen LogP contribution is 2.07. The molecule has 3 nitrogen and oxygen atoms in total. The molecule has 0 aliphatic rings. The lowest BCUT2D eigenvalue weighted by Gasteiger charge is -2.16. The van der Waals surface area contributed by atoms with E-state index in [4.69, 9.17) is 5.73 Å². The van der Waals surface area contributed by atoms with E-state index in [9.17, 15) is 0 Å². The minimum atomic E-state index is 0.215. The fraction of sp³-hybridized carbons (Fsp3) is 0.700. The Labute approximate surface area is 80.0 Å². The molecular weight excluding hydrogens is 162 g/mol.